The Labute approximate surface area is 152 Å². The Balaban J connectivity index is 0.000000167. The van der Waals surface area contributed by atoms with Crippen molar-refractivity contribution >= 4 is 59.2 Å². The molecule has 0 aliphatic heterocycles. The third-order valence-electron chi connectivity index (χ3n) is 2.83. The molecule has 1 aromatic heterocycles. The van der Waals surface area contributed by atoms with Gasteiger partial charge in [0, 0.05) is 10.4 Å². The molecule has 0 spiro atoms. The van der Waals surface area contributed by atoms with Crippen LogP contribution >= 0.6 is 38.9 Å². The minimum atomic E-state index is -4.04. The van der Waals surface area contributed by atoms with E-state index in [1.165, 1.54) is 16.8 Å². The van der Waals surface area contributed by atoms with Gasteiger partial charge in [-0.05, 0) is 42.8 Å². The van der Waals surface area contributed by atoms with E-state index in [0.717, 1.165) is 21.1 Å². The fraction of sp³-hybridized carbons (Fsp3) is 0.133. The van der Waals surface area contributed by atoms with Crippen molar-refractivity contribution < 1.29 is 13.0 Å². The summed E-state index contributed by atoms with van der Waals surface area (Å²) < 4.78 is 31.0. The maximum atomic E-state index is 10.6. The molecule has 0 unspecified atom stereocenters. The number of fused-ring (bicyclic) bond motifs is 1. The molecule has 0 aliphatic carbocycles. The van der Waals surface area contributed by atoms with Crippen LogP contribution in [0.25, 0.3) is 10.2 Å². The Morgan fingerprint density at radius 3 is 2.43 bits per heavy atom. The van der Waals surface area contributed by atoms with Crippen LogP contribution in [0.15, 0.2) is 47.4 Å². The van der Waals surface area contributed by atoms with Crippen molar-refractivity contribution in [3.05, 3.63) is 58.1 Å². The van der Waals surface area contributed by atoms with Crippen LogP contribution in [0.5, 0.6) is 0 Å². The maximum Gasteiger partial charge on any atom is 0.294 e. The van der Waals surface area contributed by atoms with E-state index < -0.39 is 10.1 Å². The Bertz CT molecular complexity index is 908. The summed E-state index contributed by atoms with van der Waals surface area (Å²) in [7, 11) is -4.04. The molecular weight excluding hydrogens is 422 g/mol. The van der Waals surface area contributed by atoms with Gasteiger partial charge in [-0.15, -0.1) is 11.3 Å². The molecule has 0 aliphatic rings. The molecule has 122 valence electrons. The average Bonchev–Trinajstić information content (AvgIpc) is 2.86. The number of alkyl halides is 1. The first-order chi connectivity index (χ1) is 10.8. The van der Waals surface area contributed by atoms with E-state index in [1.807, 2.05) is 25.1 Å². The van der Waals surface area contributed by atoms with Crippen LogP contribution in [0, 0.1) is 6.92 Å². The van der Waals surface area contributed by atoms with Gasteiger partial charge in [-0.1, -0.05) is 39.7 Å². The molecule has 8 heteroatoms. The van der Waals surface area contributed by atoms with Crippen molar-refractivity contribution in [2.24, 2.45) is 0 Å². The fourth-order valence-electron chi connectivity index (χ4n) is 1.77. The normalized spacial score (nSPS) is 11.1. The zero-order valence-corrected chi connectivity index (χ0v) is 16.0. The first-order valence-corrected chi connectivity index (χ1v) is 10.2. The number of aryl methyl sites for hydroxylation is 1. The van der Waals surface area contributed by atoms with Crippen molar-refractivity contribution in [1.82, 2.24) is 4.98 Å². The number of rotatable bonds is 2. The summed E-state index contributed by atoms with van der Waals surface area (Å²) >= 11 is 10.7. The van der Waals surface area contributed by atoms with Gasteiger partial charge in [0.25, 0.3) is 10.1 Å². The maximum absolute atomic E-state index is 10.6. The Morgan fingerprint density at radius 1 is 1.22 bits per heavy atom. The topological polar surface area (TPSA) is 67.3 Å². The summed E-state index contributed by atoms with van der Waals surface area (Å²) in [6, 6.07) is 11.8. The summed E-state index contributed by atoms with van der Waals surface area (Å²) in [5.74, 6) is 0. The zero-order valence-electron chi connectivity index (χ0n) is 12.0. The standard InChI is InChI=1S/C8H6ClNS.C7H7BrO3S/c1-5-10-7-4-6(9)2-3-8(7)11-5;8-5-6-1-3-7(4-2-6)12(9,10)11/h2-4H,1H3;1-4H,5H2,(H,9,10,11). The molecule has 1 heterocycles. The highest BCUT2D eigenvalue weighted by Crippen LogP contribution is 2.23. The van der Waals surface area contributed by atoms with Crippen LogP contribution in [0.4, 0.5) is 0 Å². The zero-order chi connectivity index (χ0) is 17.0. The van der Waals surface area contributed by atoms with Gasteiger partial charge < -0.3 is 0 Å². The van der Waals surface area contributed by atoms with Crippen molar-refractivity contribution in [3.63, 3.8) is 0 Å². The number of halogens is 2. The number of thiazole rings is 1. The minimum Gasteiger partial charge on any atom is -0.282 e. The summed E-state index contributed by atoms with van der Waals surface area (Å²) in [5, 5.41) is 2.50. The Kier molecular flexibility index (Phi) is 6.16. The second kappa shape index (κ2) is 7.72. The summed E-state index contributed by atoms with van der Waals surface area (Å²) in [6.07, 6.45) is 0. The third kappa shape index (κ3) is 5.26. The highest BCUT2D eigenvalue weighted by Gasteiger charge is 2.07. The monoisotopic (exact) mass is 433 g/mol. The average molecular weight is 435 g/mol. The van der Waals surface area contributed by atoms with Crippen LogP contribution in [0.2, 0.25) is 5.02 Å². The van der Waals surface area contributed by atoms with Gasteiger partial charge in [0.15, 0.2) is 0 Å². The van der Waals surface area contributed by atoms with E-state index in [4.69, 9.17) is 16.2 Å². The Hall–Kier alpha value is -0.990. The molecule has 0 radical (unpaired) electrons. The number of nitrogens with zero attached hydrogens (tertiary/aromatic N) is 1. The molecule has 0 saturated heterocycles. The van der Waals surface area contributed by atoms with Crippen molar-refractivity contribution in [2.45, 2.75) is 17.1 Å². The summed E-state index contributed by atoms with van der Waals surface area (Å²) in [4.78, 5) is 4.23. The largest absolute Gasteiger partial charge is 0.294 e. The SMILES string of the molecule is Cc1nc2cc(Cl)ccc2s1.O=S(=O)(O)c1ccc(CBr)cc1. The molecule has 1 N–H and O–H groups in total. The minimum absolute atomic E-state index is 0.0767. The first-order valence-electron chi connectivity index (χ1n) is 6.44. The molecule has 23 heavy (non-hydrogen) atoms. The molecule has 3 rings (SSSR count). The van der Waals surface area contributed by atoms with Gasteiger partial charge in [0.1, 0.15) is 0 Å². The molecule has 3 aromatic rings. The van der Waals surface area contributed by atoms with Crippen molar-refractivity contribution in [1.29, 1.82) is 0 Å². The Morgan fingerprint density at radius 2 is 1.87 bits per heavy atom. The van der Waals surface area contributed by atoms with Gasteiger partial charge >= 0.3 is 0 Å². The van der Waals surface area contributed by atoms with E-state index in [1.54, 1.807) is 23.5 Å². The van der Waals surface area contributed by atoms with E-state index >= 15 is 0 Å². The lowest BCUT2D eigenvalue weighted by Crippen LogP contribution is -1.97. The van der Waals surface area contributed by atoms with E-state index in [9.17, 15) is 8.42 Å². The first kappa shape index (κ1) is 18.4. The van der Waals surface area contributed by atoms with E-state index in [2.05, 4.69) is 20.9 Å². The van der Waals surface area contributed by atoms with Crippen molar-refractivity contribution in [2.75, 3.05) is 0 Å². The molecule has 0 saturated carbocycles. The summed E-state index contributed by atoms with van der Waals surface area (Å²) in [6.45, 7) is 2.00. The number of aromatic nitrogens is 1. The number of hydrogen-bond donors (Lipinski definition) is 1. The lowest BCUT2D eigenvalue weighted by Gasteiger charge is -1.97. The highest BCUT2D eigenvalue weighted by atomic mass is 79.9. The third-order valence-corrected chi connectivity index (χ3v) is 5.53. The smallest absolute Gasteiger partial charge is 0.282 e. The predicted octanol–water partition coefficient (Wildman–Crippen LogP) is 5.09. The predicted molar refractivity (Wildman–Crippen MR) is 98.3 cm³/mol. The molecule has 2 aromatic carbocycles. The summed E-state index contributed by atoms with van der Waals surface area (Å²) in [5.41, 5.74) is 1.96. The van der Waals surface area contributed by atoms with Gasteiger partial charge in [-0.2, -0.15) is 8.42 Å². The van der Waals surface area contributed by atoms with Crippen molar-refractivity contribution in [3.8, 4) is 0 Å². The van der Waals surface area contributed by atoms with E-state index in [-0.39, 0.29) is 4.90 Å². The fourth-order valence-corrected chi connectivity index (χ4v) is 3.59. The molecule has 0 atom stereocenters. The number of benzene rings is 2. The number of hydrogen-bond acceptors (Lipinski definition) is 4. The van der Waals surface area contributed by atoms with Gasteiger partial charge in [-0.25, -0.2) is 4.98 Å². The molecular formula is C15H13BrClNO3S2. The second-order valence-electron chi connectivity index (χ2n) is 4.60. The molecule has 0 bridgehead atoms. The second-order valence-corrected chi connectivity index (χ2v) is 8.25. The van der Waals surface area contributed by atoms with Crippen LogP contribution in [0.3, 0.4) is 0 Å². The van der Waals surface area contributed by atoms with Gasteiger partial charge in [-0.3, -0.25) is 4.55 Å². The molecule has 0 amide bonds. The van der Waals surface area contributed by atoms with Crippen LogP contribution in [-0.4, -0.2) is 18.0 Å². The lowest BCUT2D eigenvalue weighted by molar-refractivity contribution is 0.483. The van der Waals surface area contributed by atoms with Gasteiger partial charge in [0.05, 0.1) is 20.1 Å². The van der Waals surface area contributed by atoms with E-state index in [0.29, 0.717) is 5.33 Å². The molecule has 4 nitrogen and oxygen atoms in total. The lowest BCUT2D eigenvalue weighted by atomic mass is 10.2. The van der Waals surface area contributed by atoms with Crippen LogP contribution < -0.4 is 0 Å². The molecule has 0 fully saturated rings. The van der Waals surface area contributed by atoms with Crippen LogP contribution in [0.1, 0.15) is 10.6 Å². The quantitative estimate of drug-likeness (QED) is 0.451. The van der Waals surface area contributed by atoms with Crippen LogP contribution in [-0.2, 0) is 15.4 Å². The highest BCUT2D eigenvalue weighted by molar-refractivity contribution is 9.08. The van der Waals surface area contributed by atoms with Gasteiger partial charge in [0.2, 0.25) is 0 Å².